The smallest absolute Gasteiger partial charge is 0.130 e. The summed E-state index contributed by atoms with van der Waals surface area (Å²) < 4.78 is 0. The average molecular weight is 233 g/mol. The zero-order chi connectivity index (χ0) is 11.7. The number of aryl methyl sites for hydroxylation is 1. The molecule has 0 spiro atoms. The predicted molar refractivity (Wildman–Crippen MR) is 68.6 cm³/mol. The zero-order valence-corrected chi connectivity index (χ0v) is 10.5. The molecule has 16 heavy (non-hydrogen) atoms. The van der Waals surface area contributed by atoms with Gasteiger partial charge in [-0.25, -0.2) is 9.97 Å². The number of nitrogens with two attached hydrogens (primary N) is 1. The molecule has 2 rings (SSSR count). The molecule has 0 aliphatic heterocycles. The molecule has 2 heterocycles. The molecular formula is C12H15N3S. The molecule has 4 heteroatoms. The van der Waals surface area contributed by atoms with Crippen molar-refractivity contribution in [2.24, 2.45) is 0 Å². The Morgan fingerprint density at radius 1 is 1.25 bits per heavy atom. The molecule has 0 aliphatic carbocycles. The predicted octanol–water partition coefficient (Wildman–Crippen LogP) is 3.22. The molecular weight excluding hydrogens is 218 g/mol. The van der Waals surface area contributed by atoms with Crippen LogP contribution in [0.2, 0.25) is 0 Å². The molecule has 0 atom stereocenters. The lowest BCUT2D eigenvalue weighted by atomic mass is 10.0. The van der Waals surface area contributed by atoms with Gasteiger partial charge < -0.3 is 5.73 Å². The van der Waals surface area contributed by atoms with Crippen LogP contribution in [-0.4, -0.2) is 9.97 Å². The van der Waals surface area contributed by atoms with Gasteiger partial charge in [0.25, 0.3) is 0 Å². The maximum absolute atomic E-state index is 5.92. The van der Waals surface area contributed by atoms with Crippen LogP contribution in [-0.2, 0) is 0 Å². The highest BCUT2D eigenvalue weighted by molar-refractivity contribution is 7.15. The van der Waals surface area contributed by atoms with Crippen LogP contribution in [0.5, 0.6) is 0 Å². The number of hydrogen-bond donors (Lipinski definition) is 1. The molecule has 0 amide bonds. The monoisotopic (exact) mass is 233 g/mol. The Bertz CT molecular complexity index is 503. The van der Waals surface area contributed by atoms with Crippen LogP contribution >= 0.6 is 11.3 Å². The largest absolute Gasteiger partial charge is 0.383 e. The highest BCUT2D eigenvalue weighted by Crippen LogP contribution is 2.34. The van der Waals surface area contributed by atoms with Gasteiger partial charge in [-0.05, 0) is 25.0 Å². The summed E-state index contributed by atoms with van der Waals surface area (Å²) in [6.07, 6.45) is 1.53. The minimum Gasteiger partial charge on any atom is -0.383 e. The maximum atomic E-state index is 5.92. The van der Waals surface area contributed by atoms with Crippen molar-refractivity contribution in [1.82, 2.24) is 9.97 Å². The third kappa shape index (κ3) is 1.93. The molecule has 84 valence electrons. The van der Waals surface area contributed by atoms with Crippen LogP contribution in [0.25, 0.3) is 10.6 Å². The van der Waals surface area contributed by atoms with Crippen molar-refractivity contribution in [3.63, 3.8) is 0 Å². The van der Waals surface area contributed by atoms with Gasteiger partial charge in [-0.3, -0.25) is 0 Å². The topological polar surface area (TPSA) is 51.8 Å². The van der Waals surface area contributed by atoms with E-state index in [0.717, 1.165) is 16.1 Å². The van der Waals surface area contributed by atoms with E-state index < -0.39 is 0 Å². The van der Waals surface area contributed by atoms with Crippen LogP contribution in [0.15, 0.2) is 18.5 Å². The van der Waals surface area contributed by atoms with Crippen molar-refractivity contribution in [1.29, 1.82) is 0 Å². The van der Waals surface area contributed by atoms with Crippen LogP contribution in [0.3, 0.4) is 0 Å². The summed E-state index contributed by atoms with van der Waals surface area (Å²) in [5.41, 5.74) is 7.94. The van der Waals surface area contributed by atoms with Gasteiger partial charge in [0.05, 0.1) is 10.6 Å². The van der Waals surface area contributed by atoms with Gasteiger partial charge in [0, 0.05) is 10.4 Å². The van der Waals surface area contributed by atoms with Gasteiger partial charge in [0.2, 0.25) is 0 Å². The lowest BCUT2D eigenvalue weighted by molar-refractivity contribution is 0.855. The van der Waals surface area contributed by atoms with E-state index in [1.807, 2.05) is 0 Å². The molecule has 0 aromatic carbocycles. The van der Waals surface area contributed by atoms with Gasteiger partial charge in [-0.2, -0.15) is 0 Å². The Morgan fingerprint density at radius 3 is 2.56 bits per heavy atom. The van der Waals surface area contributed by atoms with Crippen molar-refractivity contribution in [2.45, 2.75) is 26.7 Å². The summed E-state index contributed by atoms with van der Waals surface area (Å²) >= 11 is 1.74. The zero-order valence-electron chi connectivity index (χ0n) is 9.69. The number of hydrogen-bond acceptors (Lipinski definition) is 4. The molecule has 0 unspecified atom stereocenters. The first-order valence-electron chi connectivity index (χ1n) is 5.26. The van der Waals surface area contributed by atoms with Gasteiger partial charge >= 0.3 is 0 Å². The van der Waals surface area contributed by atoms with Crippen LogP contribution in [0.1, 0.15) is 30.2 Å². The summed E-state index contributed by atoms with van der Waals surface area (Å²) in [7, 11) is 0. The first kappa shape index (κ1) is 11.1. The van der Waals surface area contributed by atoms with E-state index in [4.69, 9.17) is 5.73 Å². The molecule has 0 aliphatic rings. The molecule has 0 saturated carbocycles. The Balaban J connectivity index is 2.60. The quantitative estimate of drug-likeness (QED) is 0.866. The van der Waals surface area contributed by atoms with Crippen LogP contribution in [0.4, 0.5) is 5.82 Å². The van der Waals surface area contributed by atoms with E-state index in [9.17, 15) is 0 Å². The molecule has 2 aromatic rings. The van der Waals surface area contributed by atoms with E-state index >= 15 is 0 Å². The Kier molecular flexibility index (Phi) is 2.92. The number of thiophene rings is 1. The van der Waals surface area contributed by atoms with Gasteiger partial charge in [0.1, 0.15) is 12.1 Å². The number of nitrogens with zero attached hydrogens (tertiary/aromatic N) is 2. The summed E-state index contributed by atoms with van der Waals surface area (Å²) in [6.45, 7) is 6.31. The molecule has 0 bridgehead atoms. The second-order valence-electron chi connectivity index (χ2n) is 4.09. The summed E-state index contributed by atoms with van der Waals surface area (Å²) in [6, 6.07) is 4.19. The Morgan fingerprint density at radius 2 is 2.00 bits per heavy atom. The molecule has 0 fully saturated rings. The first-order valence-corrected chi connectivity index (χ1v) is 6.08. The van der Waals surface area contributed by atoms with Gasteiger partial charge in [-0.1, -0.05) is 13.8 Å². The lowest BCUT2D eigenvalue weighted by Crippen LogP contribution is -2.03. The van der Waals surface area contributed by atoms with Crippen molar-refractivity contribution in [3.8, 4) is 10.6 Å². The molecule has 0 radical (unpaired) electrons. The highest BCUT2D eigenvalue weighted by atomic mass is 32.1. The van der Waals surface area contributed by atoms with Crippen LogP contribution in [0, 0.1) is 6.92 Å². The van der Waals surface area contributed by atoms with E-state index in [2.05, 4.69) is 42.9 Å². The minimum absolute atomic E-state index is 0.332. The average Bonchev–Trinajstić information content (AvgIpc) is 2.63. The van der Waals surface area contributed by atoms with E-state index in [0.29, 0.717) is 11.7 Å². The fourth-order valence-electron chi connectivity index (χ4n) is 1.74. The molecule has 2 aromatic heterocycles. The minimum atomic E-state index is 0.332. The van der Waals surface area contributed by atoms with Gasteiger partial charge in [0.15, 0.2) is 0 Å². The Labute approximate surface area is 99.4 Å². The highest BCUT2D eigenvalue weighted by Gasteiger charge is 2.15. The number of anilines is 1. The second-order valence-corrected chi connectivity index (χ2v) is 5.37. The number of nitrogen functional groups attached to an aromatic ring is 1. The summed E-state index contributed by atoms with van der Waals surface area (Å²) in [5.74, 6) is 0.921. The fourth-order valence-corrected chi connectivity index (χ4v) is 2.61. The van der Waals surface area contributed by atoms with Crippen molar-refractivity contribution in [3.05, 3.63) is 28.9 Å². The maximum Gasteiger partial charge on any atom is 0.130 e. The van der Waals surface area contributed by atoms with Gasteiger partial charge in [-0.15, -0.1) is 11.3 Å². The SMILES string of the molecule is Cc1ccc(-c2ncnc(N)c2C(C)C)s1. The standard InChI is InChI=1S/C12H15N3S/c1-7(2)10-11(14-6-15-12(10)13)9-5-4-8(3)16-9/h4-7H,1-3H3,(H2,13,14,15). The second kappa shape index (κ2) is 4.22. The van der Waals surface area contributed by atoms with Crippen molar-refractivity contribution in [2.75, 3.05) is 5.73 Å². The third-order valence-electron chi connectivity index (χ3n) is 2.47. The normalized spacial score (nSPS) is 11.0. The third-order valence-corrected chi connectivity index (χ3v) is 3.47. The summed E-state index contributed by atoms with van der Waals surface area (Å²) in [5, 5.41) is 0. The first-order chi connectivity index (χ1) is 7.59. The molecule has 3 nitrogen and oxygen atoms in total. The van der Waals surface area contributed by atoms with Crippen LogP contribution < -0.4 is 5.73 Å². The number of rotatable bonds is 2. The lowest BCUT2D eigenvalue weighted by Gasteiger charge is -2.12. The van der Waals surface area contributed by atoms with Crippen molar-refractivity contribution < 1.29 is 0 Å². The van der Waals surface area contributed by atoms with E-state index in [1.54, 1.807) is 11.3 Å². The van der Waals surface area contributed by atoms with Crippen molar-refractivity contribution >= 4 is 17.2 Å². The van der Waals surface area contributed by atoms with E-state index in [-0.39, 0.29) is 0 Å². The molecule has 0 saturated heterocycles. The molecule has 2 N–H and O–H groups in total. The van der Waals surface area contributed by atoms with E-state index in [1.165, 1.54) is 11.2 Å². The summed E-state index contributed by atoms with van der Waals surface area (Å²) in [4.78, 5) is 10.9. The fraction of sp³-hybridized carbons (Fsp3) is 0.333. The number of aromatic nitrogens is 2. The Hall–Kier alpha value is -1.42.